The molecule has 0 saturated heterocycles. The predicted molar refractivity (Wildman–Crippen MR) is 77.5 cm³/mol. The van der Waals surface area contributed by atoms with Crippen LogP contribution in [0.15, 0.2) is 18.2 Å². The van der Waals surface area contributed by atoms with Gasteiger partial charge in [0.1, 0.15) is 11.4 Å². The van der Waals surface area contributed by atoms with Crippen LogP contribution in [0.5, 0.6) is 5.75 Å². The Balaban J connectivity index is 2.01. The van der Waals surface area contributed by atoms with Gasteiger partial charge in [0, 0.05) is 24.6 Å². The fourth-order valence-corrected chi connectivity index (χ4v) is 2.70. The van der Waals surface area contributed by atoms with E-state index in [0.717, 1.165) is 25.1 Å². The van der Waals surface area contributed by atoms with Gasteiger partial charge >= 0.3 is 0 Å². The summed E-state index contributed by atoms with van der Waals surface area (Å²) in [5.74, 6) is 1.05. The lowest BCUT2D eigenvalue weighted by Crippen LogP contribution is -2.29. The minimum absolute atomic E-state index is 0.0936. The zero-order chi connectivity index (χ0) is 14.0. The van der Waals surface area contributed by atoms with E-state index in [4.69, 9.17) is 4.74 Å². The molecule has 0 spiro atoms. The SMILES string of the molecule is CC(O)CC(C)NCc1cccc2c1OC(C)(C)C2. The van der Waals surface area contributed by atoms with Crippen LogP contribution in [0.4, 0.5) is 0 Å². The number of fused-ring (bicyclic) bond motifs is 1. The van der Waals surface area contributed by atoms with E-state index in [2.05, 4.69) is 44.3 Å². The third-order valence-corrected chi connectivity index (χ3v) is 3.51. The second-order valence-corrected chi connectivity index (χ2v) is 6.31. The highest BCUT2D eigenvalue weighted by Crippen LogP contribution is 2.37. The van der Waals surface area contributed by atoms with E-state index in [-0.39, 0.29) is 11.7 Å². The van der Waals surface area contributed by atoms with Crippen LogP contribution in [0.1, 0.15) is 45.2 Å². The lowest BCUT2D eigenvalue weighted by Gasteiger charge is -2.19. The van der Waals surface area contributed by atoms with Gasteiger partial charge in [-0.1, -0.05) is 18.2 Å². The van der Waals surface area contributed by atoms with Gasteiger partial charge in [-0.25, -0.2) is 0 Å². The van der Waals surface area contributed by atoms with Gasteiger partial charge in [0.25, 0.3) is 0 Å². The summed E-state index contributed by atoms with van der Waals surface area (Å²) in [5.41, 5.74) is 2.41. The number of nitrogens with one attached hydrogen (secondary N) is 1. The molecule has 3 heteroatoms. The zero-order valence-corrected chi connectivity index (χ0v) is 12.4. The molecular weight excluding hydrogens is 238 g/mol. The smallest absolute Gasteiger partial charge is 0.127 e. The number of aliphatic hydroxyl groups excluding tert-OH is 1. The lowest BCUT2D eigenvalue weighted by atomic mass is 10.0. The normalized spacial score (nSPS) is 19.6. The van der Waals surface area contributed by atoms with E-state index in [0.29, 0.717) is 6.04 Å². The third-order valence-electron chi connectivity index (χ3n) is 3.51. The van der Waals surface area contributed by atoms with Gasteiger partial charge in [-0.2, -0.15) is 0 Å². The van der Waals surface area contributed by atoms with Crippen molar-refractivity contribution >= 4 is 0 Å². The first kappa shape index (κ1) is 14.4. The summed E-state index contributed by atoms with van der Waals surface area (Å²) in [6.07, 6.45) is 1.47. The Morgan fingerprint density at radius 2 is 2.11 bits per heavy atom. The Hall–Kier alpha value is -1.06. The monoisotopic (exact) mass is 263 g/mol. The van der Waals surface area contributed by atoms with Gasteiger partial charge in [0.2, 0.25) is 0 Å². The topological polar surface area (TPSA) is 41.5 Å². The number of rotatable bonds is 5. The lowest BCUT2D eigenvalue weighted by molar-refractivity contribution is 0.137. The Morgan fingerprint density at radius 3 is 2.79 bits per heavy atom. The Bertz CT molecular complexity index is 440. The summed E-state index contributed by atoms with van der Waals surface area (Å²) >= 11 is 0. The average Bonchev–Trinajstić information content (AvgIpc) is 2.59. The molecule has 1 aromatic carbocycles. The first-order valence-corrected chi connectivity index (χ1v) is 7.08. The molecule has 0 aliphatic carbocycles. The van der Waals surface area contributed by atoms with Gasteiger partial charge in [0.15, 0.2) is 0 Å². The fourth-order valence-electron chi connectivity index (χ4n) is 2.70. The van der Waals surface area contributed by atoms with E-state index >= 15 is 0 Å². The van der Waals surface area contributed by atoms with Gasteiger partial charge < -0.3 is 15.2 Å². The maximum atomic E-state index is 9.38. The van der Waals surface area contributed by atoms with Crippen LogP contribution in [0, 0.1) is 0 Å². The third kappa shape index (κ3) is 3.71. The van der Waals surface area contributed by atoms with E-state index in [1.807, 2.05) is 6.92 Å². The minimum atomic E-state index is -0.265. The van der Waals surface area contributed by atoms with Crippen molar-refractivity contribution in [2.24, 2.45) is 0 Å². The molecule has 2 rings (SSSR count). The summed E-state index contributed by atoms with van der Waals surface area (Å²) in [5, 5.41) is 12.8. The number of hydrogen-bond donors (Lipinski definition) is 2. The van der Waals surface area contributed by atoms with E-state index in [1.165, 1.54) is 11.1 Å². The van der Waals surface area contributed by atoms with Crippen LogP contribution in [0.25, 0.3) is 0 Å². The summed E-state index contributed by atoms with van der Waals surface area (Å²) in [6.45, 7) is 8.96. The van der Waals surface area contributed by atoms with Crippen molar-refractivity contribution in [3.8, 4) is 5.75 Å². The molecule has 0 aromatic heterocycles. The van der Waals surface area contributed by atoms with Crippen molar-refractivity contribution in [2.45, 2.75) is 64.8 Å². The molecule has 1 aliphatic rings. The molecule has 19 heavy (non-hydrogen) atoms. The Morgan fingerprint density at radius 1 is 1.37 bits per heavy atom. The molecule has 0 saturated carbocycles. The average molecular weight is 263 g/mol. The number of para-hydroxylation sites is 1. The van der Waals surface area contributed by atoms with Gasteiger partial charge in [-0.05, 0) is 39.7 Å². The first-order chi connectivity index (χ1) is 8.87. The molecule has 0 fully saturated rings. The molecule has 2 atom stereocenters. The largest absolute Gasteiger partial charge is 0.487 e. The van der Waals surface area contributed by atoms with E-state index < -0.39 is 0 Å². The van der Waals surface area contributed by atoms with Crippen LogP contribution in [-0.4, -0.2) is 22.9 Å². The molecule has 1 aliphatic heterocycles. The zero-order valence-electron chi connectivity index (χ0n) is 12.4. The van der Waals surface area contributed by atoms with Crippen molar-refractivity contribution in [3.63, 3.8) is 0 Å². The van der Waals surface area contributed by atoms with Crippen LogP contribution in [0.3, 0.4) is 0 Å². The van der Waals surface area contributed by atoms with Crippen LogP contribution < -0.4 is 10.1 Å². The van der Waals surface area contributed by atoms with Crippen molar-refractivity contribution < 1.29 is 9.84 Å². The Labute approximate surface area is 116 Å². The highest BCUT2D eigenvalue weighted by molar-refractivity contribution is 5.45. The van der Waals surface area contributed by atoms with Gasteiger partial charge in [0.05, 0.1) is 6.10 Å². The molecule has 0 bridgehead atoms. The molecular formula is C16H25NO2. The van der Waals surface area contributed by atoms with Crippen LogP contribution >= 0.6 is 0 Å². The molecule has 2 unspecified atom stereocenters. The molecule has 2 N–H and O–H groups in total. The van der Waals surface area contributed by atoms with Crippen molar-refractivity contribution in [3.05, 3.63) is 29.3 Å². The predicted octanol–water partition coefficient (Wildman–Crippen LogP) is 2.65. The molecule has 106 valence electrons. The second kappa shape index (κ2) is 5.51. The first-order valence-electron chi connectivity index (χ1n) is 7.08. The number of hydrogen-bond acceptors (Lipinski definition) is 3. The summed E-state index contributed by atoms with van der Waals surface area (Å²) < 4.78 is 6.05. The molecule has 0 amide bonds. The van der Waals surface area contributed by atoms with Gasteiger partial charge in [-0.3, -0.25) is 0 Å². The summed E-state index contributed by atoms with van der Waals surface area (Å²) in [4.78, 5) is 0. The van der Waals surface area contributed by atoms with E-state index in [1.54, 1.807) is 0 Å². The summed E-state index contributed by atoms with van der Waals surface area (Å²) in [7, 11) is 0. The molecule has 0 radical (unpaired) electrons. The highest BCUT2D eigenvalue weighted by atomic mass is 16.5. The summed E-state index contributed by atoms with van der Waals surface area (Å²) in [6, 6.07) is 6.65. The maximum Gasteiger partial charge on any atom is 0.127 e. The Kier molecular flexibility index (Phi) is 4.16. The standard InChI is InChI=1S/C16H25NO2/c1-11(8-12(2)18)17-10-14-7-5-6-13-9-16(3,4)19-15(13)14/h5-7,11-12,17-18H,8-10H2,1-4H3. The van der Waals surface area contributed by atoms with Crippen molar-refractivity contribution in [1.29, 1.82) is 0 Å². The quantitative estimate of drug-likeness (QED) is 0.858. The number of ether oxygens (including phenoxy) is 1. The molecule has 1 aromatic rings. The molecule has 3 nitrogen and oxygen atoms in total. The second-order valence-electron chi connectivity index (χ2n) is 6.31. The fraction of sp³-hybridized carbons (Fsp3) is 0.625. The number of aliphatic hydroxyl groups is 1. The van der Waals surface area contributed by atoms with Crippen LogP contribution in [-0.2, 0) is 13.0 Å². The van der Waals surface area contributed by atoms with Crippen molar-refractivity contribution in [1.82, 2.24) is 5.32 Å². The van der Waals surface area contributed by atoms with Crippen LogP contribution in [0.2, 0.25) is 0 Å². The molecule has 1 heterocycles. The highest BCUT2D eigenvalue weighted by Gasteiger charge is 2.31. The van der Waals surface area contributed by atoms with E-state index in [9.17, 15) is 5.11 Å². The number of benzene rings is 1. The van der Waals surface area contributed by atoms with Crippen molar-refractivity contribution in [2.75, 3.05) is 0 Å². The maximum absolute atomic E-state index is 9.38. The minimum Gasteiger partial charge on any atom is -0.487 e. The van der Waals surface area contributed by atoms with Gasteiger partial charge in [-0.15, -0.1) is 0 Å².